The van der Waals surface area contributed by atoms with E-state index < -0.39 is 0 Å². The lowest BCUT2D eigenvalue weighted by atomic mass is 9.97. The van der Waals surface area contributed by atoms with Crippen LogP contribution < -0.4 is 5.56 Å². The van der Waals surface area contributed by atoms with Crippen LogP contribution in [-0.2, 0) is 22.6 Å². The van der Waals surface area contributed by atoms with Crippen molar-refractivity contribution in [1.82, 2.24) is 24.4 Å². The van der Waals surface area contributed by atoms with Gasteiger partial charge in [0.2, 0.25) is 11.8 Å². The van der Waals surface area contributed by atoms with Gasteiger partial charge in [-0.25, -0.2) is 9.50 Å². The van der Waals surface area contributed by atoms with Crippen LogP contribution >= 0.6 is 0 Å². The van der Waals surface area contributed by atoms with Crippen molar-refractivity contribution in [1.29, 1.82) is 0 Å². The van der Waals surface area contributed by atoms with E-state index in [-0.39, 0.29) is 35.3 Å². The number of hydrogen-bond donors (Lipinski definition) is 1. The molecule has 1 aliphatic carbocycles. The van der Waals surface area contributed by atoms with Crippen molar-refractivity contribution in [2.45, 2.75) is 65.0 Å². The average molecular weight is 412 g/mol. The highest BCUT2D eigenvalue weighted by atomic mass is 16.2. The number of amides is 2. The summed E-state index contributed by atoms with van der Waals surface area (Å²) in [6.45, 7) is 5.56. The molecular formula is C22H29N5O3. The van der Waals surface area contributed by atoms with E-state index >= 15 is 0 Å². The van der Waals surface area contributed by atoms with Crippen LogP contribution in [0.5, 0.6) is 0 Å². The second-order valence-corrected chi connectivity index (χ2v) is 9.23. The summed E-state index contributed by atoms with van der Waals surface area (Å²) in [5.41, 5.74) is 2.73. The Bertz CT molecular complexity index is 1060. The highest BCUT2D eigenvalue weighted by molar-refractivity contribution is 5.81. The third-order valence-corrected chi connectivity index (χ3v) is 6.66. The molecule has 1 saturated carbocycles. The molecule has 2 aliphatic heterocycles. The predicted octanol–water partition coefficient (Wildman–Crippen LogP) is 2.03. The first kappa shape index (κ1) is 19.3. The first-order chi connectivity index (χ1) is 14.4. The van der Waals surface area contributed by atoms with Crippen LogP contribution in [0.1, 0.15) is 68.9 Å². The van der Waals surface area contributed by atoms with Gasteiger partial charge in [0.1, 0.15) is 0 Å². The summed E-state index contributed by atoms with van der Waals surface area (Å²) < 4.78 is 1.49. The highest BCUT2D eigenvalue weighted by Crippen LogP contribution is 2.33. The number of carbonyl (C=O) groups is 2. The van der Waals surface area contributed by atoms with Crippen LogP contribution in [0.15, 0.2) is 10.9 Å². The molecule has 1 atom stereocenters. The van der Waals surface area contributed by atoms with Gasteiger partial charge in [-0.15, -0.1) is 0 Å². The van der Waals surface area contributed by atoms with Crippen LogP contribution in [0, 0.1) is 11.8 Å². The summed E-state index contributed by atoms with van der Waals surface area (Å²) in [7, 11) is 0. The standard InChI is InChI=1S/C22H29N5O3/c1-13(2)20(28)26-9-4-3-5-18(26)17-11-19-23-16-8-10-25(21(29)14-6-7-14)12-15(16)22(30)27(19)24-17/h11,13-14,18,24H,3-10,12H2,1-2H3. The summed E-state index contributed by atoms with van der Waals surface area (Å²) in [6.07, 6.45) is 5.48. The lowest BCUT2D eigenvalue weighted by molar-refractivity contribution is -0.138. The van der Waals surface area contributed by atoms with Crippen LogP contribution in [-0.4, -0.2) is 49.3 Å². The topological polar surface area (TPSA) is 90.8 Å². The third-order valence-electron chi connectivity index (χ3n) is 6.66. The fraction of sp³-hybridized carbons (Fsp3) is 0.636. The fourth-order valence-electron chi connectivity index (χ4n) is 4.80. The van der Waals surface area contributed by atoms with E-state index in [0.29, 0.717) is 30.7 Å². The Hall–Kier alpha value is -2.64. The van der Waals surface area contributed by atoms with Gasteiger partial charge >= 0.3 is 0 Å². The van der Waals surface area contributed by atoms with Crippen molar-refractivity contribution in [3.63, 3.8) is 0 Å². The van der Waals surface area contributed by atoms with Crippen molar-refractivity contribution in [3.8, 4) is 0 Å². The molecule has 2 aromatic heterocycles. The molecule has 1 unspecified atom stereocenters. The molecule has 3 aliphatic rings. The maximum atomic E-state index is 13.2. The molecule has 0 aromatic carbocycles. The molecule has 0 bridgehead atoms. The van der Waals surface area contributed by atoms with Crippen LogP contribution in [0.25, 0.3) is 5.65 Å². The van der Waals surface area contributed by atoms with Crippen LogP contribution in [0.4, 0.5) is 0 Å². The quantitative estimate of drug-likeness (QED) is 0.837. The van der Waals surface area contributed by atoms with E-state index in [2.05, 4.69) is 5.10 Å². The number of hydrogen-bond acceptors (Lipinski definition) is 4. The van der Waals surface area contributed by atoms with E-state index in [1.165, 1.54) is 4.52 Å². The highest BCUT2D eigenvalue weighted by Gasteiger charge is 2.36. The van der Waals surface area contributed by atoms with Gasteiger partial charge in [-0.05, 0) is 32.1 Å². The van der Waals surface area contributed by atoms with E-state index in [4.69, 9.17) is 4.98 Å². The van der Waals surface area contributed by atoms with Gasteiger partial charge < -0.3 is 9.80 Å². The van der Waals surface area contributed by atoms with E-state index in [0.717, 1.165) is 50.0 Å². The molecule has 1 saturated heterocycles. The summed E-state index contributed by atoms with van der Waals surface area (Å²) in [4.78, 5) is 46.9. The number of nitrogens with one attached hydrogen (secondary N) is 1. The molecule has 30 heavy (non-hydrogen) atoms. The molecule has 0 spiro atoms. The van der Waals surface area contributed by atoms with Crippen molar-refractivity contribution < 1.29 is 9.59 Å². The zero-order valence-electron chi connectivity index (χ0n) is 17.7. The third kappa shape index (κ3) is 3.22. The molecular weight excluding hydrogens is 382 g/mol. The predicted molar refractivity (Wildman–Crippen MR) is 111 cm³/mol. The zero-order chi connectivity index (χ0) is 21.0. The van der Waals surface area contributed by atoms with Crippen molar-refractivity contribution in [3.05, 3.63) is 33.4 Å². The monoisotopic (exact) mass is 411 g/mol. The van der Waals surface area contributed by atoms with Crippen LogP contribution in [0.3, 0.4) is 0 Å². The largest absolute Gasteiger partial charge is 0.337 e. The smallest absolute Gasteiger partial charge is 0.277 e. The molecule has 8 heteroatoms. The number of H-pyrrole nitrogens is 1. The van der Waals surface area contributed by atoms with Crippen LogP contribution in [0.2, 0.25) is 0 Å². The molecule has 1 N–H and O–H groups in total. The Kier molecular flexibility index (Phi) is 4.67. The molecule has 8 nitrogen and oxygen atoms in total. The van der Waals surface area contributed by atoms with E-state index in [1.54, 1.807) is 0 Å². The summed E-state index contributed by atoms with van der Waals surface area (Å²) in [6, 6.07) is 1.86. The minimum atomic E-state index is -0.132. The molecule has 2 fully saturated rings. The number of aromatic nitrogens is 3. The summed E-state index contributed by atoms with van der Waals surface area (Å²) in [5.74, 6) is 0.409. The molecule has 160 valence electrons. The van der Waals surface area contributed by atoms with Gasteiger partial charge in [0.05, 0.1) is 29.5 Å². The minimum Gasteiger partial charge on any atom is -0.337 e. The summed E-state index contributed by atoms with van der Waals surface area (Å²) in [5, 5.41) is 3.23. The van der Waals surface area contributed by atoms with Gasteiger partial charge in [-0.3, -0.25) is 19.5 Å². The van der Waals surface area contributed by atoms with Gasteiger partial charge in [-0.2, -0.15) is 0 Å². The molecule has 2 aromatic rings. The number of rotatable bonds is 3. The lowest BCUT2D eigenvalue weighted by Crippen LogP contribution is -2.41. The molecule has 5 rings (SSSR count). The van der Waals surface area contributed by atoms with Gasteiger partial charge in [-0.1, -0.05) is 13.8 Å². The average Bonchev–Trinajstić information content (AvgIpc) is 3.52. The normalized spacial score (nSPS) is 21.9. The first-order valence-corrected chi connectivity index (χ1v) is 11.2. The Morgan fingerprint density at radius 1 is 1.17 bits per heavy atom. The van der Waals surface area contributed by atoms with E-state index in [9.17, 15) is 14.4 Å². The molecule has 0 radical (unpaired) electrons. The maximum absolute atomic E-state index is 13.2. The second-order valence-electron chi connectivity index (χ2n) is 9.23. The van der Waals surface area contributed by atoms with Crippen molar-refractivity contribution >= 4 is 17.5 Å². The van der Waals surface area contributed by atoms with E-state index in [1.807, 2.05) is 29.7 Å². The first-order valence-electron chi connectivity index (χ1n) is 11.2. The van der Waals surface area contributed by atoms with Crippen molar-refractivity contribution in [2.75, 3.05) is 13.1 Å². The minimum absolute atomic E-state index is 0.0558. The molecule has 2 amide bonds. The fourth-order valence-corrected chi connectivity index (χ4v) is 4.80. The lowest BCUT2D eigenvalue weighted by Gasteiger charge is -2.36. The Balaban J connectivity index is 1.49. The number of nitrogens with zero attached hydrogens (tertiary/aromatic N) is 4. The Morgan fingerprint density at radius 3 is 2.70 bits per heavy atom. The van der Waals surface area contributed by atoms with Gasteiger partial charge in [0, 0.05) is 37.4 Å². The van der Waals surface area contributed by atoms with Gasteiger partial charge in [0.25, 0.3) is 5.56 Å². The number of carbonyl (C=O) groups excluding carboxylic acids is 2. The number of likely N-dealkylation sites (tertiary alicyclic amines) is 1. The second kappa shape index (κ2) is 7.25. The number of piperidine rings is 1. The molecule has 4 heterocycles. The SMILES string of the molecule is CC(C)C(=O)N1CCCCC1c1cc2nc3c(c(=O)n2[nH]1)CN(C(=O)C1CC1)CC3. The Morgan fingerprint density at radius 2 is 1.97 bits per heavy atom. The number of aromatic amines is 1. The summed E-state index contributed by atoms with van der Waals surface area (Å²) >= 11 is 0. The maximum Gasteiger partial charge on any atom is 0.277 e. The van der Waals surface area contributed by atoms with Crippen molar-refractivity contribution in [2.24, 2.45) is 11.8 Å². The Labute approximate surface area is 175 Å². The zero-order valence-corrected chi connectivity index (χ0v) is 17.7. The number of fused-ring (bicyclic) bond motifs is 2. The van der Waals surface area contributed by atoms with Gasteiger partial charge in [0.15, 0.2) is 5.65 Å².